The van der Waals surface area contributed by atoms with Crippen molar-refractivity contribution in [2.75, 3.05) is 40.0 Å². The van der Waals surface area contributed by atoms with Gasteiger partial charge in [-0.2, -0.15) is 9.63 Å². The summed E-state index contributed by atoms with van der Waals surface area (Å²) in [6.07, 6.45) is 0. The van der Waals surface area contributed by atoms with Crippen LogP contribution in [-0.2, 0) is 25.9 Å². The third kappa shape index (κ3) is 5.83. The Labute approximate surface area is 173 Å². The summed E-state index contributed by atoms with van der Waals surface area (Å²) in [5.74, 6) is -0.771. The van der Waals surface area contributed by atoms with Crippen molar-refractivity contribution in [2.45, 2.75) is 6.54 Å². The van der Waals surface area contributed by atoms with Crippen molar-refractivity contribution in [3.63, 3.8) is 0 Å². The normalized spacial score (nSPS) is 15.6. The Balaban J connectivity index is 0.00000280. The van der Waals surface area contributed by atoms with Gasteiger partial charge >= 0.3 is 5.97 Å². The van der Waals surface area contributed by atoms with E-state index >= 15 is 0 Å². The Hall–Kier alpha value is -1.84. The number of rotatable bonds is 7. The molecule has 1 aliphatic heterocycles. The molecule has 1 unspecified atom stereocenters. The number of ether oxygens (including phenoxy) is 1. The second-order valence-electron chi connectivity index (χ2n) is 6.19. The largest absolute Gasteiger partial charge is 0.379 e. The van der Waals surface area contributed by atoms with Gasteiger partial charge in [0.05, 0.1) is 38.9 Å². The van der Waals surface area contributed by atoms with E-state index in [4.69, 9.17) is 25.7 Å². The van der Waals surface area contributed by atoms with Crippen LogP contribution in [0.15, 0.2) is 39.6 Å². The summed E-state index contributed by atoms with van der Waals surface area (Å²) in [5.41, 5.74) is 0.386. The molecule has 0 N–H and O–H groups in total. The average molecular weight is 433 g/mol. The number of hydrogen-bond acceptors (Lipinski definition) is 7. The molecule has 0 aliphatic carbocycles. The molecule has 3 rings (SSSR count). The second kappa shape index (κ2) is 10.6. The first-order chi connectivity index (χ1) is 13.1. The number of aromatic nitrogens is 1. The highest BCUT2D eigenvalue weighted by Crippen LogP contribution is 2.21. The van der Waals surface area contributed by atoms with Crippen LogP contribution in [0, 0.1) is 5.92 Å². The number of nitrogens with zero attached hydrogens (tertiary/aromatic N) is 2. The highest BCUT2D eigenvalue weighted by Gasteiger charge is 2.27. The third-order valence-electron chi connectivity index (χ3n) is 4.30. The van der Waals surface area contributed by atoms with Crippen LogP contribution in [0.1, 0.15) is 0 Å². The van der Waals surface area contributed by atoms with Crippen LogP contribution in [0.3, 0.4) is 0 Å². The van der Waals surface area contributed by atoms with Gasteiger partial charge in [-0.05, 0) is 24.3 Å². The summed E-state index contributed by atoms with van der Waals surface area (Å²) in [6.45, 7) is 3.08. The lowest BCUT2D eigenvalue weighted by molar-refractivity contribution is -0.260. The van der Waals surface area contributed by atoms with Gasteiger partial charge in [-0.15, -0.1) is 12.4 Å². The summed E-state index contributed by atoms with van der Waals surface area (Å²) >= 11 is 5.89. The molecule has 2 heterocycles. The maximum absolute atomic E-state index is 12.3. The lowest BCUT2D eigenvalue weighted by Crippen LogP contribution is -2.43. The van der Waals surface area contributed by atoms with Crippen molar-refractivity contribution < 1.29 is 23.8 Å². The van der Waals surface area contributed by atoms with Gasteiger partial charge in [-0.1, -0.05) is 11.6 Å². The van der Waals surface area contributed by atoms with E-state index in [2.05, 4.69) is 9.79 Å². The van der Waals surface area contributed by atoms with Crippen LogP contribution in [0.25, 0.3) is 11.3 Å². The van der Waals surface area contributed by atoms with Crippen LogP contribution in [0.5, 0.6) is 0 Å². The summed E-state index contributed by atoms with van der Waals surface area (Å²) < 4.78 is 12.1. The number of carbonyl (C=O) groups excluding carboxylic acids is 1. The van der Waals surface area contributed by atoms with E-state index in [1.807, 2.05) is 0 Å². The molecule has 0 bridgehead atoms. The highest BCUT2D eigenvalue weighted by atomic mass is 35.5. The zero-order valence-electron chi connectivity index (χ0n) is 15.3. The fraction of sp³-hybridized carbons (Fsp3) is 0.444. The molecule has 1 fully saturated rings. The van der Waals surface area contributed by atoms with Crippen molar-refractivity contribution in [2.24, 2.45) is 5.92 Å². The first-order valence-corrected chi connectivity index (χ1v) is 8.96. The van der Waals surface area contributed by atoms with Crippen LogP contribution < -0.4 is 5.56 Å². The molecule has 1 aliphatic rings. The molecule has 0 amide bonds. The number of hydrogen-bond donors (Lipinski definition) is 0. The summed E-state index contributed by atoms with van der Waals surface area (Å²) in [7, 11) is 1.27. The second-order valence-corrected chi connectivity index (χ2v) is 6.62. The van der Waals surface area contributed by atoms with Gasteiger partial charge in [0.25, 0.3) is 5.56 Å². The summed E-state index contributed by atoms with van der Waals surface area (Å²) in [6, 6.07) is 8.33. The molecule has 8 nitrogen and oxygen atoms in total. The Kier molecular flexibility index (Phi) is 8.53. The van der Waals surface area contributed by atoms with Crippen LogP contribution in [0.4, 0.5) is 0 Å². The molecule has 1 aromatic carbocycles. The molecule has 10 heteroatoms. The molecular weight excluding hydrogens is 411 g/mol. The first-order valence-electron chi connectivity index (χ1n) is 8.58. The lowest BCUT2D eigenvalue weighted by atomic mass is 10.1. The number of benzene rings is 1. The standard InChI is InChI=1S/C18H21ClN2O6.ClH/c1-24-27-18(23)14(11-20-6-8-25-9-7-20)12-21-17(22)10-16(26-21)13-2-4-15(19)5-3-13;/h2-5,10,14H,6-9,11-12H2,1H3;1H. The average Bonchev–Trinajstić information content (AvgIpc) is 3.03. The van der Waals surface area contributed by atoms with Crippen molar-refractivity contribution in [3.8, 4) is 11.3 Å². The Bertz CT molecular complexity index is 814. The quantitative estimate of drug-likeness (QED) is 0.489. The van der Waals surface area contributed by atoms with E-state index in [1.54, 1.807) is 24.3 Å². The van der Waals surface area contributed by atoms with Crippen LogP contribution in [0.2, 0.25) is 5.02 Å². The zero-order chi connectivity index (χ0) is 19.2. The van der Waals surface area contributed by atoms with Gasteiger partial charge in [0.2, 0.25) is 0 Å². The third-order valence-corrected chi connectivity index (χ3v) is 4.56. The van der Waals surface area contributed by atoms with Gasteiger partial charge in [-0.3, -0.25) is 14.6 Å². The monoisotopic (exact) mass is 432 g/mol. The Morgan fingerprint density at radius 2 is 1.89 bits per heavy atom. The minimum Gasteiger partial charge on any atom is -0.379 e. The molecule has 28 heavy (non-hydrogen) atoms. The Morgan fingerprint density at radius 1 is 1.21 bits per heavy atom. The maximum Gasteiger partial charge on any atom is 0.348 e. The first kappa shape index (κ1) is 22.4. The fourth-order valence-electron chi connectivity index (χ4n) is 2.90. The van der Waals surface area contributed by atoms with Crippen molar-refractivity contribution in [3.05, 3.63) is 45.7 Å². The Morgan fingerprint density at radius 3 is 2.54 bits per heavy atom. The molecular formula is C18H22Cl2N2O6. The molecule has 154 valence electrons. The van der Waals surface area contributed by atoms with Gasteiger partial charge in [0.1, 0.15) is 0 Å². The van der Waals surface area contributed by atoms with Crippen molar-refractivity contribution >= 4 is 30.0 Å². The van der Waals surface area contributed by atoms with Crippen LogP contribution >= 0.6 is 24.0 Å². The predicted molar refractivity (Wildman–Crippen MR) is 105 cm³/mol. The number of morpholine rings is 1. The summed E-state index contributed by atoms with van der Waals surface area (Å²) in [5, 5.41) is 0.591. The predicted octanol–water partition coefficient (Wildman–Crippen LogP) is 2.24. The van der Waals surface area contributed by atoms with Gasteiger partial charge in [-0.25, -0.2) is 4.79 Å². The van der Waals surface area contributed by atoms with Crippen LogP contribution in [-0.4, -0.2) is 55.6 Å². The van der Waals surface area contributed by atoms with Crippen molar-refractivity contribution in [1.82, 2.24) is 9.64 Å². The van der Waals surface area contributed by atoms with E-state index in [-0.39, 0.29) is 24.5 Å². The summed E-state index contributed by atoms with van der Waals surface area (Å²) in [4.78, 5) is 35.9. The van der Waals surface area contributed by atoms with Gasteiger partial charge < -0.3 is 9.26 Å². The van der Waals surface area contributed by atoms with Gasteiger partial charge in [0.15, 0.2) is 5.76 Å². The van der Waals surface area contributed by atoms with E-state index in [0.29, 0.717) is 43.6 Å². The van der Waals surface area contributed by atoms with Gasteiger partial charge in [0, 0.05) is 30.2 Å². The molecule has 1 atom stereocenters. The van der Waals surface area contributed by atoms with Crippen molar-refractivity contribution in [1.29, 1.82) is 0 Å². The fourth-order valence-corrected chi connectivity index (χ4v) is 3.03. The van der Waals surface area contributed by atoms with E-state index in [1.165, 1.54) is 13.2 Å². The molecule has 2 aromatic rings. The molecule has 1 saturated heterocycles. The molecule has 0 radical (unpaired) electrons. The number of halogens is 2. The smallest absolute Gasteiger partial charge is 0.348 e. The highest BCUT2D eigenvalue weighted by molar-refractivity contribution is 6.30. The maximum atomic E-state index is 12.3. The topological polar surface area (TPSA) is 83.1 Å². The number of carbonyl (C=O) groups is 1. The molecule has 0 spiro atoms. The zero-order valence-corrected chi connectivity index (χ0v) is 16.9. The SMILES string of the molecule is COOC(=O)C(CN1CCOCC1)Cn1oc(-c2ccc(Cl)cc2)cc1=O.Cl. The van der Waals surface area contributed by atoms with E-state index < -0.39 is 11.9 Å². The molecule has 1 aromatic heterocycles. The van der Waals surface area contributed by atoms with E-state index in [0.717, 1.165) is 10.3 Å². The lowest BCUT2D eigenvalue weighted by Gasteiger charge is -2.29. The minimum absolute atomic E-state index is 0. The molecule has 0 saturated carbocycles. The van der Waals surface area contributed by atoms with E-state index in [9.17, 15) is 9.59 Å². The minimum atomic E-state index is -0.620.